The predicted octanol–water partition coefficient (Wildman–Crippen LogP) is 2.50. The number of rotatable bonds is 5. The van der Waals surface area contributed by atoms with E-state index in [1.54, 1.807) is 0 Å². The molecule has 6 heteroatoms. The molecule has 1 N–H and O–H groups in total. The highest BCUT2D eigenvalue weighted by atomic mass is 32.2. The third-order valence-corrected chi connectivity index (χ3v) is 4.98. The Morgan fingerprint density at radius 3 is 2.50 bits per heavy atom. The molecular formula is C14H19N3O2S. The molecule has 0 saturated heterocycles. The average molecular weight is 293 g/mol. The van der Waals surface area contributed by atoms with Gasteiger partial charge in [0.05, 0.1) is 11.9 Å². The number of nitrogens with one attached hydrogen (secondary N) is 1. The Morgan fingerprint density at radius 1 is 1.25 bits per heavy atom. The van der Waals surface area contributed by atoms with Gasteiger partial charge in [0.15, 0.2) is 5.03 Å². The third kappa shape index (κ3) is 2.56. The van der Waals surface area contributed by atoms with Crippen LogP contribution in [0, 0.1) is 6.92 Å². The van der Waals surface area contributed by atoms with Gasteiger partial charge >= 0.3 is 0 Å². The Balaban J connectivity index is 2.48. The monoisotopic (exact) mass is 293 g/mol. The fourth-order valence-electron chi connectivity index (χ4n) is 2.09. The number of aromatic amines is 1. The average Bonchev–Trinajstić information content (AvgIpc) is 2.91. The maximum atomic E-state index is 12.7. The first-order valence-corrected chi connectivity index (χ1v) is 8.07. The Kier molecular flexibility index (Phi) is 4.13. The van der Waals surface area contributed by atoms with Crippen molar-refractivity contribution in [1.29, 1.82) is 0 Å². The highest BCUT2D eigenvalue weighted by molar-refractivity contribution is 7.92. The summed E-state index contributed by atoms with van der Waals surface area (Å²) in [4.78, 5) is 6.94. The second-order valence-corrected chi connectivity index (χ2v) is 6.33. The maximum Gasteiger partial charge on any atom is 0.281 e. The van der Waals surface area contributed by atoms with E-state index in [9.17, 15) is 8.42 Å². The van der Waals surface area contributed by atoms with Gasteiger partial charge < -0.3 is 4.98 Å². The molecule has 0 radical (unpaired) electrons. The van der Waals surface area contributed by atoms with Crippen LogP contribution in [0.2, 0.25) is 0 Å². The zero-order valence-electron chi connectivity index (χ0n) is 11.9. The summed E-state index contributed by atoms with van der Waals surface area (Å²) in [5.74, 6) is 0.671. The number of aromatic nitrogens is 2. The van der Waals surface area contributed by atoms with Gasteiger partial charge in [0, 0.05) is 13.0 Å². The number of benzene rings is 1. The molecule has 1 aromatic heterocycles. The molecule has 2 aromatic rings. The second kappa shape index (κ2) is 5.66. The van der Waals surface area contributed by atoms with Crippen LogP contribution in [0.5, 0.6) is 0 Å². The molecule has 0 bridgehead atoms. The van der Waals surface area contributed by atoms with Gasteiger partial charge in [0.1, 0.15) is 5.82 Å². The first-order valence-electron chi connectivity index (χ1n) is 6.63. The SMILES string of the molecule is CCc1ncc(S(=O)(=O)N(CC)c2ccccc2C)[nH]1. The van der Waals surface area contributed by atoms with E-state index in [0.717, 1.165) is 5.56 Å². The van der Waals surface area contributed by atoms with Crippen molar-refractivity contribution in [2.75, 3.05) is 10.8 Å². The lowest BCUT2D eigenvalue weighted by atomic mass is 10.2. The molecule has 0 aliphatic heterocycles. The molecule has 1 heterocycles. The van der Waals surface area contributed by atoms with Crippen LogP contribution in [0.4, 0.5) is 5.69 Å². The topological polar surface area (TPSA) is 66.1 Å². The first kappa shape index (κ1) is 14.6. The van der Waals surface area contributed by atoms with Crippen molar-refractivity contribution in [2.45, 2.75) is 32.2 Å². The van der Waals surface area contributed by atoms with Crippen LogP contribution in [-0.4, -0.2) is 24.9 Å². The zero-order valence-corrected chi connectivity index (χ0v) is 12.7. The molecule has 0 saturated carbocycles. The van der Waals surface area contributed by atoms with Crippen LogP contribution in [0.3, 0.4) is 0 Å². The molecule has 0 atom stereocenters. The quantitative estimate of drug-likeness (QED) is 0.921. The number of nitrogens with zero attached hydrogens (tertiary/aromatic N) is 2. The van der Waals surface area contributed by atoms with Crippen molar-refractivity contribution in [3.05, 3.63) is 41.9 Å². The standard InChI is InChI=1S/C14H19N3O2S/c1-4-13-15-10-14(16-13)20(18,19)17(5-2)12-9-7-6-8-11(12)3/h6-10H,4-5H2,1-3H3,(H,15,16). The van der Waals surface area contributed by atoms with E-state index in [4.69, 9.17) is 0 Å². The normalized spacial score (nSPS) is 11.6. The Morgan fingerprint density at radius 2 is 1.95 bits per heavy atom. The molecular weight excluding hydrogens is 274 g/mol. The summed E-state index contributed by atoms with van der Waals surface area (Å²) in [7, 11) is -3.60. The van der Waals surface area contributed by atoms with Crippen molar-refractivity contribution in [3.8, 4) is 0 Å². The lowest BCUT2D eigenvalue weighted by molar-refractivity contribution is 0.588. The summed E-state index contributed by atoms with van der Waals surface area (Å²) < 4.78 is 26.8. The number of aryl methyl sites for hydroxylation is 2. The molecule has 20 heavy (non-hydrogen) atoms. The predicted molar refractivity (Wildman–Crippen MR) is 79.4 cm³/mol. The van der Waals surface area contributed by atoms with Crippen LogP contribution in [0.25, 0.3) is 0 Å². The largest absolute Gasteiger partial charge is 0.332 e. The Labute approximate surface area is 119 Å². The Bertz CT molecular complexity index is 692. The number of anilines is 1. The van der Waals surface area contributed by atoms with E-state index in [1.165, 1.54) is 10.5 Å². The molecule has 0 unspecified atom stereocenters. The van der Waals surface area contributed by atoms with Gasteiger partial charge in [-0.3, -0.25) is 4.31 Å². The van der Waals surface area contributed by atoms with Crippen molar-refractivity contribution in [1.82, 2.24) is 9.97 Å². The molecule has 2 rings (SSSR count). The fraction of sp³-hybridized carbons (Fsp3) is 0.357. The minimum absolute atomic E-state index is 0.138. The van der Waals surface area contributed by atoms with Crippen molar-refractivity contribution < 1.29 is 8.42 Å². The first-order chi connectivity index (χ1) is 9.50. The number of imidazole rings is 1. The van der Waals surface area contributed by atoms with E-state index >= 15 is 0 Å². The summed E-state index contributed by atoms with van der Waals surface area (Å²) in [6.45, 7) is 6.01. The molecule has 1 aromatic carbocycles. The van der Waals surface area contributed by atoms with Crippen LogP contribution < -0.4 is 4.31 Å². The Hall–Kier alpha value is -1.82. The molecule has 5 nitrogen and oxygen atoms in total. The van der Waals surface area contributed by atoms with Crippen LogP contribution in [0.1, 0.15) is 25.2 Å². The van der Waals surface area contributed by atoms with Crippen LogP contribution >= 0.6 is 0 Å². The second-order valence-electron chi connectivity index (χ2n) is 4.50. The van der Waals surface area contributed by atoms with Crippen molar-refractivity contribution in [3.63, 3.8) is 0 Å². The number of sulfonamides is 1. The van der Waals surface area contributed by atoms with E-state index in [2.05, 4.69) is 9.97 Å². The number of para-hydroxylation sites is 1. The minimum atomic E-state index is -3.60. The molecule has 0 fully saturated rings. The van der Waals surface area contributed by atoms with Crippen molar-refractivity contribution in [2.24, 2.45) is 0 Å². The lowest BCUT2D eigenvalue weighted by Crippen LogP contribution is -2.31. The number of H-pyrrole nitrogens is 1. The summed E-state index contributed by atoms with van der Waals surface area (Å²) in [5, 5.41) is 0.138. The van der Waals surface area contributed by atoms with E-state index in [0.29, 0.717) is 24.5 Å². The summed E-state index contributed by atoms with van der Waals surface area (Å²) in [6.07, 6.45) is 2.06. The highest BCUT2D eigenvalue weighted by Crippen LogP contribution is 2.25. The van der Waals surface area contributed by atoms with E-state index in [-0.39, 0.29) is 5.03 Å². The highest BCUT2D eigenvalue weighted by Gasteiger charge is 2.26. The van der Waals surface area contributed by atoms with Gasteiger partial charge in [-0.2, -0.15) is 8.42 Å². The van der Waals surface area contributed by atoms with E-state index in [1.807, 2.05) is 45.0 Å². The molecule has 0 aliphatic rings. The molecule has 0 aliphatic carbocycles. The number of hydrogen-bond acceptors (Lipinski definition) is 3. The summed E-state index contributed by atoms with van der Waals surface area (Å²) >= 11 is 0. The smallest absolute Gasteiger partial charge is 0.281 e. The fourth-order valence-corrected chi connectivity index (χ4v) is 3.56. The van der Waals surface area contributed by atoms with Gasteiger partial charge in [-0.05, 0) is 25.5 Å². The molecule has 108 valence electrons. The summed E-state index contributed by atoms with van der Waals surface area (Å²) in [5.41, 5.74) is 1.62. The zero-order chi connectivity index (χ0) is 14.8. The van der Waals surface area contributed by atoms with Crippen LogP contribution in [-0.2, 0) is 16.4 Å². The third-order valence-electron chi connectivity index (χ3n) is 3.18. The van der Waals surface area contributed by atoms with Gasteiger partial charge in [-0.1, -0.05) is 25.1 Å². The van der Waals surface area contributed by atoms with E-state index < -0.39 is 10.0 Å². The maximum absolute atomic E-state index is 12.7. The lowest BCUT2D eigenvalue weighted by Gasteiger charge is -2.23. The summed E-state index contributed by atoms with van der Waals surface area (Å²) in [6, 6.07) is 7.45. The van der Waals surface area contributed by atoms with Gasteiger partial charge in [0.25, 0.3) is 10.0 Å². The molecule has 0 amide bonds. The minimum Gasteiger partial charge on any atom is -0.332 e. The van der Waals surface area contributed by atoms with Gasteiger partial charge in [-0.15, -0.1) is 0 Å². The number of hydrogen-bond donors (Lipinski definition) is 1. The van der Waals surface area contributed by atoms with Crippen LogP contribution in [0.15, 0.2) is 35.5 Å². The van der Waals surface area contributed by atoms with Gasteiger partial charge in [-0.25, -0.2) is 4.98 Å². The van der Waals surface area contributed by atoms with Crippen molar-refractivity contribution >= 4 is 15.7 Å². The van der Waals surface area contributed by atoms with Gasteiger partial charge in [0.2, 0.25) is 0 Å². The molecule has 0 spiro atoms.